The van der Waals surface area contributed by atoms with Gasteiger partial charge in [0.1, 0.15) is 5.75 Å². The zero-order valence-electron chi connectivity index (χ0n) is 16.8. The van der Waals surface area contributed by atoms with Crippen LogP contribution in [0.15, 0.2) is 47.4 Å². The van der Waals surface area contributed by atoms with Gasteiger partial charge >= 0.3 is 0 Å². The molecule has 1 fully saturated rings. The van der Waals surface area contributed by atoms with E-state index in [-0.39, 0.29) is 10.8 Å². The Morgan fingerprint density at radius 1 is 1.10 bits per heavy atom. The molecule has 3 rings (SSSR count). The van der Waals surface area contributed by atoms with Gasteiger partial charge in [-0.05, 0) is 50.6 Å². The van der Waals surface area contributed by atoms with E-state index in [2.05, 4.69) is 5.32 Å². The molecule has 0 spiro atoms. The average Bonchev–Trinajstić information content (AvgIpc) is 2.71. The summed E-state index contributed by atoms with van der Waals surface area (Å²) in [5.41, 5.74) is 2.13. The van der Waals surface area contributed by atoms with Crippen LogP contribution in [0.5, 0.6) is 5.75 Å². The number of anilines is 1. The Hall–Kier alpha value is -2.42. The second-order valence-electron chi connectivity index (χ2n) is 7.06. The highest BCUT2D eigenvalue weighted by molar-refractivity contribution is 7.89. The first-order valence-corrected chi connectivity index (χ1v) is 10.9. The van der Waals surface area contributed by atoms with Crippen molar-refractivity contribution in [2.75, 3.05) is 31.6 Å². The number of benzene rings is 2. The zero-order valence-corrected chi connectivity index (χ0v) is 17.7. The van der Waals surface area contributed by atoms with Gasteiger partial charge in [0.15, 0.2) is 6.10 Å². The van der Waals surface area contributed by atoms with Gasteiger partial charge in [0.05, 0.1) is 18.1 Å². The molecule has 1 heterocycles. The Kier molecular flexibility index (Phi) is 6.56. The highest BCUT2D eigenvalue weighted by Gasteiger charge is 2.28. The fraction of sp³-hybridized carbons (Fsp3) is 0.381. The molecular formula is C21H26N2O5S. The van der Waals surface area contributed by atoms with E-state index in [4.69, 9.17) is 9.47 Å². The van der Waals surface area contributed by atoms with Crippen molar-refractivity contribution in [2.24, 2.45) is 0 Å². The number of morpholine rings is 1. The van der Waals surface area contributed by atoms with Gasteiger partial charge in [-0.15, -0.1) is 0 Å². The third kappa shape index (κ3) is 5.14. The van der Waals surface area contributed by atoms with Crippen LogP contribution in [0.4, 0.5) is 5.69 Å². The smallest absolute Gasteiger partial charge is 0.265 e. The van der Waals surface area contributed by atoms with Gasteiger partial charge in [0.2, 0.25) is 10.0 Å². The number of hydrogen-bond donors (Lipinski definition) is 1. The van der Waals surface area contributed by atoms with Crippen LogP contribution in [-0.2, 0) is 19.6 Å². The van der Waals surface area contributed by atoms with E-state index >= 15 is 0 Å². The van der Waals surface area contributed by atoms with Gasteiger partial charge in [-0.2, -0.15) is 4.31 Å². The van der Waals surface area contributed by atoms with E-state index in [1.54, 1.807) is 38.1 Å². The maximum Gasteiger partial charge on any atom is 0.265 e. The summed E-state index contributed by atoms with van der Waals surface area (Å²) >= 11 is 0. The Morgan fingerprint density at radius 2 is 1.76 bits per heavy atom. The molecule has 0 radical (unpaired) electrons. The lowest BCUT2D eigenvalue weighted by Gasteiger charge is -2.27. The lowest BCUT2D eigenvalue weighted by atomic mass is 10.2. The van der Waals surface area contributed by atoms with E-state index in [9.17, 15) is 13.2 Å². The van der Waals surface area contributed by atoms with E-state index in [0.29, 0.717) is 43.3 Å². The van der Waals surface area contributed by atoms with Crippen molar-refractivity contribution in [3.05, 3.63) is 53.6 Å². The first kappa shape index (κ1) is 21.3. The monoisotopic (exact) mass is 418 g/mol. The molecule has 1 amide bonds. The van der Waals surface area contributed by atoms with Gasteiger partial charge in [-0.3, -0.25) is 4.79 Å². The number of hydrogen-bond acceptors (Lipinski definition) is 5. The Labute approximate surface area is 171 Å². The van der Waals surface area contributed by atoms with E-state index in [0.717, 1.165) is 5.56 Å². The van der Waals surface area contributed by atoms with Crippen LogP contribution in [-0.4, -0.2) is 51.0 Å². The van der Waals surface area contributed by atoms with E-state index in [1.165, 1.54) is 10.4 Å². The van der Waals surface area contributed by atoms with Crippen LogP contribution in [0.2, 0.25) is 0 Å². The van der Waals surface area contributed by atoms with Gasteiger partial charge in [-0.25, -0.2) is 8.42 Å². The number of aryl methyl sites for hydroxylation is 2. The number of amides is 1. The van der Waals surface area contributed by atoms with Gasteiger partial charge in [-0.1, -0.05) is 23.8 Å². The molecule has 0 saturated carbocycles. The summed E-state index contributed by atoms with van der Waals surface area (Å²) in [5.74, 6) is 0.238. The molecular weight excluding hydrogens is 392 g/mol. The third-order valence-corrected chi connectivity index (χ3v) is 6.79. The van der Waals surface area contributed by atoms with Gasteiger partial charge in [0.25, 0.3) is 5.91 Å². The number of ether oxygens (including phenoxy) is 2. The molecule has 1 aliphatic heterocycles. The predicted octanol–water partition coefficient (Wildman–Crippen LogP) is 2.73. The molecule has 0 aromatic heterocycles. The van der Waals surface area contributed by atoms with Crippen LogP contribution in [0, 0.1) is 13.8 Å². The molecule has 29 heavy (non-hydrogen) atoms. The van der Waals surface area contributed by atoms with Crippen molar-refractivity contribution in [3.63, 3.8) is 0 Å². The fourth-order valence-electron chi connectivity index (χ4n) is 3.00. The normalized spacial score (nSPS) is 16.2. The predicted molar refractivity (Wildman–Crippen MR) is 111 cm³/mol. The average molecular weight is 419 g/mol. The summed E-state index contributed by atoms with van der Waals surface area (Å²) in [6.45, 7) is 6.75. The van der Waals surface area contributed by atoms with E-state index in [1.807, 2.05) is 19.1 Å². The third-order valence-electron chi connectivity index (χ3n) is 4.75. The zero-order chi connectivity index (χ0) is 21.0. The van der Waals surface area contributed by atoms with E-state index < -0.39 is 16.1 Å². The number of rotatable bonds is 6. The summed E-state index contributed by atoms with van der Waals surface area (Å²) in [7, 11) is -3.65. The molecule has 0 bridgehead atoms. The molecule has 1 atom stereocenters. The van der Waals surface area contributed by atoms with Crippen LogP contribution < -0.4 is 10.1 Å². The minimum absolute atomic E-state index is 0.185. The Morgan fingerprint density at radius 3 is 2.41 bits per heavy atom. The molecule has 8 heteroatoms. The molecule has 0 aliphatic carbocycles. The standard InChI is InChI=1S/C21H26N2O5S/c1-15-4-8-19(9-5-15)28-17(3)21(24)22-18-7-6-16(2)20(14-18)29(25,26)23-10-12-27-13-11-23/h4-9,14,17H,10-13H2,1-3H3,(H,22,24)/t17-/m0/s1. The largest absolute Gasteiger partial charge is 0.481 e. The van der Waals surface area contributed by atoms with Crippen molar-refractivity contribution in [2.45, 2.75) is 31.8 Å². The summed E-state index contributed by atoms with van der Waals surface area (Å²) in [4.78, 5) is 12.7. The molecule has 7 nitrogen and oxygen atoms in total. The van der Waals surface area contributed by atoms with Gasteiger partial charge in [0, 0.05) is 18.8 Å². The molecule has 1 N–H and O–H groups in total. The lowest BCUT2D eigenvalue weighted by Crippen LogP contribution is -2.40. The van der Waals surface area contributed by atoms with Crippen LogP contribution in [0.1, 0.15) is 18.1 Å². The minimum atomic E-state index is -3.65. The number of sulfonamides is 1. The molecule has 1 aliphatic rings. The minimum Gasteiger partial charge on any atom is -0.481 e. The van der Waals surface area contributed by atoms with Crippen LogP contribution in [0.3, 0.4) is 0 Å². The van der Waals surface area contributed by atoms with Crippen molar-refractivity contribution in [1.82, 2.24) is 4.31 Å². The summed E-state index contributed by atoms with van der Waals surface area (Å²) in [6, 6.07) is 12.3. The van der Waals surface area contributed by atoms with Crippen molar-refractivity contribution >= 4 is 21.6 Å². The topological polar surface area (TPSA) is 84.9 Å². The lowest BCUT2D eigenvalue weighted by molar-refractivity contribution is -0.122. The second-order valence-corrected chi connectivity index (χ2v) is 8.97. The molecule has 2 aromatic rings. The molecule has 2 aromatic carbocycles. The van der Waals surface area contributed by atoms with Crippen molar-refractivity contribution in [1.29, 1.82) is 0 Å². The first-order valence-electron chi connectivity index (χ1n) is 9.50. The highest BCUT2D eigenvalue weighted by Crippen LogP contribution is 2.24. The molecule has 0 unspecified atom stereocenters. The summed E-state index contributed by atoms with van der Waals surface area (Å²) in [6.07, 6.45) is -0.738. The van der Waals surface area contributed by atoms with Crippen LogP contribution in [0.25, 0.3) is 0 Å². The fourth-order valence-corrected chi connectivity index (χ4v) is 4.66. The molecule has 1 saturated heterocycles. The number of carbonyl (C=O) groups is 1. The summed E-state index contributed by atoms with van der Waals surface area (Å²) < 4.78 is 38.3. The highest BCUT2D eigenvalue weighted by atomic mass is 32.2. The maximum atomic E-state index is 13.0. The van der Waals surface area contributed by atoms with Crippen molar-refractivity contribution in [3.8, 4) is 5.75 Å². The quantitative estimate of drug-likeness (QED) is 0.780. The SMILES string of the molecule is Cc1ccc(O[C@@H](C)C(=O)Nc2ccc(C)c(S(=O)(=O)N3CCOCC3)c2)cc1. The first-order chi connectivity index (χ1) is 13.8. The van der Waals surface area contributed by atoms with Crippen molar-refractivity contribution < 1.29 is 22.7 Å². The Bertz CT molecular complexity index is 967. The van der Waals surface area contributed by atoms with Gasteiger partial charge < -0.3 is 14.8 Å². The maximum absolute atomic E-state index is 13.0. The second kappa shape index (κ2) is 8.94. The summed E-state index contributed by atoms with van der Waals surface area (Å²) in [5, 5.41) is 2.74. The number of carbonyl (C=O) groups excluding carboxylic acids is 1. The Balaban J connectivity index is 1.73. The molecule has 156 valence electrons. The van der Waals surface area contributed by atoms with Crippen LogP contribution >= 0.6 is 0 Å². The number of nitrogens with zero attached hydrogens (tertiary/aromatic N) is 1. The number of nitrogens with one attached hydrogen (secondary N) is 1.